The highest BCUT2D eigenvalue weighted by atomic mass is 16.5. The molecule has 0 aliphatic rings. The summed E-state index contributed by atoms with van der Waals surface area (Å²) in [5, 5.41) is 11.8. The molecule has 0 spiro atoms. The summed E-state index contributed by atoms with van der Waals surface area (Å²) < 4.78 is 5.52. The van der Waals surface area contributed by atoms with E-state index in [0.29, 0.717) is 17.2 Å². The number of nitrogens with zero attached hydrogens (tertiary/aromatic N) is 1. The fourth-order valence-corrected chi connectivity index (χ4v) is 2.34. The van der Waals surface area contributed by atoms with Crippen molar-refractivity contribution in [2.75, 3.05) is 6.61 Å². The lowest BCUT2D eigenvalue weighted by Gasteiger charge is -2.15. The number of hydrogen-bond acceptors (Lipinski definition) is 3. The van der Waals surface area contributed by atoms with Crippen LogP contribution in [0.2, 0.25) is 0 Å². The normalized spacial score (nSPS) is 11.6. The molecule has 4 heteroatoms. The molecule has 0 aromatic heterocycles. The molecular formula is C20H22N2O2. The van der Waals surface area contributed by atoms with Crippen molar-refractivity contribution < 1.29 is 9.53 Å². The molecule has 0 unspecified atom stereocenters. The molecule has 0 heterocycles. The van der Waals surface area contributed by atoms with Gasteiger partial charge in [-0.15, -0.1) is 0 Å². The highest BCUT2D eigenvalue weighted by molar-refractivity contribution is 5.78. The second kappa shape index (κ2) is 8.16. The van der Waals surface area contributed by atoms with E-state index in [1.807, 2.05) is 43.3 Å². The maximum atomic E-state index is 12.0. The lowest BCUT2D eigenvalue weighted by atomic mass is 10.0. The first kappa shape index (κ1) is 17.6. The van der Waals surface area contributed by atoms with Gasteiger partial charge in [-0.2, -0.15) is 5.26 Å². The van der Waals surface area contributed by atoms with E-state index in [0.717, 1.165) is 5.56 Å². The maximum Gasteiger partial charge on any atom is 0.258 e. The van der Waals surface area contributed by atoms with E-state index >= 15 is 0 Å². The van der Waals surface area contributed by atoms with Gasteiger partial charge in [0.1, 0.15) is 5.75 Å². The topological polar surface area (TPSA) is 62.1 Å². The number of benzene rings is 2. The minimum Gasteiger partial charge on any atom is -0.484 e. The summed E-state index contributed by atoms with van der Waals surface area (Å²) in [6.45, 7) is 6.10. The van der Waals surface area contributed by atoms with E-state index in [4.69, 9.17) is 10.00 Å². The zero-order valence-electron chi connectivity index (χ0n) is 14.2. The Kier molecular flexibility index (Phi) is 5.97. The zero-order chi connectivity index (χ0) is 17.5. The quantitative estimate of drug-likeness (QED) is 0.876. The monoisotopic (exact) mass is 322 g/mol. The summed E-state index contributed by atoms with van der Waals surface area (Å²) in [6, 6.07) is 16.9. The Bertz CT molecular complexity index is 730. The molecule has 0 aliphatic carbocycles. The van der Waals surface area contributed by atoms with Gasteiger partial charge in [-0.3, -0.25) is 4.79 Å². The fourth-order valence-electron chi connectivity index (χ4n) is 2.34. The van der Waals surface area contributed by atoms with Crippen molar-refractivity contribution in [1.82, 2.24) is 5.32 Å². The first-order valence-corrected chi connectivity index (χ1v) is 8.01. The molecule has 0 aliphatic heterocycles. The third-order valence-electron chi connectivity index (χ3n) is 3.81. The van der Waals surface area contributed by atoms with Gasteiger partial charge in [0.05, 0.1) is 17.7 Å². The van der Waals surface area contributed by atoms with E-state index < -0.39 is 0 Å². The number of nitrogens with one attached hydrogen (secondary N) is 1. The Hall–Kier alpha value is -2.80. The molecular weight excluding hydrogens is 300 g/mol. The predicted octanol–water partition coefficient (Wildman–Crippen LogP) is 3.94. The molecule has 0 saturated carbocycles. The van der Waals surface area contributed by atoms with E-state index in [2.05, 4.69) is 25.2 Å². The van der Waals surface area contributed by atoms with E-state index in [-0.39, 0.29) is 18.6 Å². The van der Waals surface area contributed by atoms with Gasteiger partial charge in [-0.05, 0) is 48.2 Å². The number of nitriles is 1. The molecule has 0 radical (unpaired) electrons. The van der Waals surface area contributed by atoms with Crippen molar-refractivity contribution >= 4 is 5.91 Å². The van der Waals surface area contributed by atoms with Gasteiger partial charge in [0.15, 0.2) is 6.61 Å². The molecule has 0 saturated heterocycles. The third-order valence-corrected chi connectivity index (χ3v) is 3.81. The number of hydrogen-bond donors (Lipinski definition) is 1. The highest BCUT2D eigenvalue weighted by Gasteiger charge is 2.11. The Labute approximate surface area is 143 Å². The van der Waals surface area contributed by atoms with Gasteiger partial charge >= 0.3 is 0 Å². The molecule has 0 fully saturated rings. The second-order valence-electron chi connectivity index (χ2n) is 6.04. The first-order chi connectivity index (χ1) is 11.5. The molecule has 2 aromatic rings. The van der Waals surface area contributed by atoms with Crippen molar-refractivity contribution in [2.45, 2.75) is 32.7 Å². The van der Waals surface area contributed by atoms with Gasteiger partial charge in [-0.25, -0.2) is 0 Å². The van der Waals surface area contributed by atoms with Crippen LogP contribution in [0.3, 0.4) is 0 Å². The minimum atomic E-state index is -0.196. The van der Waals surface area contributed by atoms with Gasteiger partial charge < -0.3 is 10.1 Å². The van der Waals surface area contributed by atoms with Crippen molar-refractivity contribution in [3.8, 4) is 11.8 Å². The molecule has 2 rings (SSSR count). The van der Waals surface area contributed by atoms with Crippen molar-refractivity contribution in [3.05, 3.63) is 65.2 Å². The Morgan fingerprint density at radius 1 is 1.12 bits per heavy atom. The number of carbonyl (C=O) groups excluding carboxylic acids is 1. The molecule has 124 valence electrons. The molecule has 0 bridgehead atoms. The number of amides is 1. The van der Waals surface area contributed by atoms with Crippen LogP contribution in [0.15, 0.2) is 48.5 Å². The van der Waals surface area contributed by atoms with E-state index in [1.54, 1.807) is 12.1 Å². The van der Waals surface area contributed by atoms with Crippen molar-refractivity contribution in [3.63, 3.8) is 0 Å². The highest BCUT2D eigenvalue weighted by Crippen LogP contribution is 2.18. The van der Waals surface area contributed by atoms with Crippen LogP contribution in [-0.2, 0) is 4.79 Å². The summed E-state index contributed by atoms with van der Waals surface area (Å²) in [7, 11) is 0. The summed E-state index contributed by atoms with van der Waals surface area (Å²) >= 11 is 0. The number of carbonyl (C=O) groups is 1. The fraction of sp³-hybridized carbons (Fsp3) is 0.300. The van der Waals surface area contributed by atoms with Crippen LogP contribution in [0.1, 0.15) is 49.4 Å². The molecule has 1 atom stereocenters. The zero-order valence-corrected chi connectivity index (χ0v) is 14.2. The SMILES string of the molecule is CC(C)c1ccc(OCC(=O)N[C@@H](C)c2cccc(C#N)c2)cc1. The summed E-state index contributed by atoms with van der Waals surface area (Å²) in [5.74, 6) is 0.943. The molecule has 24 heavy (non-hydrogen) atoms. The minimum absolute atomic E-state index is 0.0384. The van der Waals surface area contributed by atoms with Crippen LogP contribution in [0, 0.1) is 11.3 Å². The summed E-state index contributed by atoms with van der Waals surface area (Å²) in [6.07, 6.45) is 0. The molecule has 2 aromatic carbocycles. The lowest BCUT2D eigenvalue weighted by Crippen LogP contribution is -2.31. The van der Waals surface area contributed by atoms with Crippen LogP contribution in [-0.4, -0.2) is 12.5 Å². The van der Waals surface area contributed by atoms with Crippen LogP contribution in [0.4, 0.5) is 0 Å². The van der Waals surface area contributed by atoms with Crippen molar-refractivity contribution in [2.24, 2.45) is 0 Å². The smallest absolute Gasteiger partial charge is 0.258 e. The maximum absolute atomic E-state index is 12.0. The molecule has 4 nitrogen and oxygen atoms in total. The van der Waals surface area contributed by atoms with Gasteiger partial charge in [0.25, 0.3) is 5.91 Å². The summed E-state index contributed by atoms with van der Waals surface area (Å²) in [5.41, 5.74) is 2.71. The first-order valence-electron chi connectivity index (χ1n) is 8.01. The standard InChI is InChI=1S/C20H22N2O2/c1-14(2)17-7-9-19(10-8-17)24-13-20(23)22-15(3)18-6-4-5-16(11-18)12-21/h4-11,14-15H,13H2,1-3H3,(H,22,23)/t15-/m0/s1. The van der Waals surface area contributed by atoms with Gasteiger partial charge in [0, 0.05) is 0 Å². The lowest BCUT2D eigenvalue weighted by molar-refractivity contribution is -0.123. The Morgan fingerprint density at radius 3 is 2.46 bits per heavy atom. The van der Waals surface area contributed by atoms with Crippen LogP contribution >= 0.6 is 0 Å². The van der Waals surface area contributed by atoms with Crippen molar-refractivity contribution in [1.29, 1.82) is 5.26 Å². The van der Waals surface area contributed by atoms with Gasteiger partial charge in [-0.1, -0.05) is 38.1 Å². The molecule has 1 amide bonds. The number of ether oxygens (including phenoxy) is 1. The van der Waals surface area contributed by atoms with E-state index in [1.165, 1.54) is 5.56 Å². The third kappa shape index (κ3) is 4.85. The molecule has 1 N–H and O–H groups in total. The average molecular weight is 322 g/mol. The largest absolute Gasteiger partial charge is 0.484 e. The Balaban J connectivity index is 1.87. The van der Waals surface area contributed by atoms with Gasteiger partial charge in [0.2, 0.25) is 0 Å². The van der Waals surface area contributed by atoms with Crippen LogP contribution < -0.4 is 10.1 Å². The number of rotatable bonds is 6. The second-order valence-corrected chi connectivity index (χ2v) is 6.04. The predicted molar refractivity (Wildman–Crippen MR) is 93.7 cm³/mol. The Morgan fingerprint density at radius 2 is 1.83 bits per heavy atom. The average Bonchev–Trinajstić information content (AvgIpc) is 2.60. The van der Waals surface area contributed by atoms with Crippen LogP contribution in [0.25, 0.3) is 0 Å². The summed E-state index contributed by atoms with van der Waals surface area (Å²) in [4.78, 5) is 12.0. The van der Waals surface area contributed by atoms with E-state index in [9.17, 15) is 4.79 Å². The van der Waals surface area contributed by atoms with Crippen LogP contribution in [0.5, 0.6) is 5.75 Å².